The van der Waals surface area contributed by atoms with Crippen molar-refractivity contribution in [2.45, 2.75) is 12.8 Å². The van der Waals surface area contributed by atoms with Gasteiger partial charge in [0.05, 0.1) is 5.52 Å². The van der Waals surface area contributed by atoms with Crippen molar-refractivity contribution >= 4 is 32.5 Å². The molecule has 0 bridgehead atoms. The quantitative estimate of drug-likeness (QED) is 0.791. The Balaban J connectivity index is 2.16. The minimum Gasteiger partial charge on any atom is -0.371 e. The smallest absolute Gasteiger partial charge is 0.0734 e. The number of anilines is 1. The molecule has 0 saturated carbocycles. The van der Waals surface area contributed by atoms with Crippen LogP contribution in [-0.4, -0.2) is 18.1 Å². The van der Waals surface area contributed by atoms with Crippen LogP contribution in [0.1, 0.15) is 12.8 Å². The third-order valence-corrected chi connectivity index (χ3v) is 3.62. The third kappa shape index (κ3) is 1.69. The van der Waals surface area contributed by atoms with E-state index in [-0.39, 0.29) is 0 Å². The fraction of sp³-hybridized carbons (Fsp3) is 0.308. The number of fused-ring (bicyclic) bond motifs is 1. The van der Waals surface area contributed by atoms with E-state index in [1.54, 1.807) is 0 Å². The molecular weight excluding hydrogens is 264 g/mol. The Morgan fingerprint density at radius 2 is 1.94 bits per heavy atom. The molecule has 16 heavy (non-hydrogen) atoms. The average molecular weight is 277 g/mol. The van der Waals surface area contributed by atoms with Gasteiger partial charge in [0.15, 0.2) is 0 Å². The van der Waals surface area contributed by atoms with Crippen LogP contribution in [0.2, 0.25) is 0 Å². The van der Waals surface area contributed by atoms with E-state index >= 15 is 0 Å². The van der Waals surface area contributed by atoms with Crippen molar-refractivity contribution in [2.75, 3.05) is 18.0 Å². The first-order chi connectivity index (χ1) is 7.84. The molecule has 0 N–H and O–H groups in total. The Hall–Kier alpha value is -1.09. The molecule has 1 aromatic carbocycles. The summed E-state index contributed by atoms with van der Waals surface area (Å²) in [6.45, 7) is 2.35. The maximum atomic E-state index is 4.42. The van der Waals surface area contributed by atoms with Gasteiger partial charge in [-0.3, -0.25) is 4.98 Å². The first-order valence-electron chi connectivity index (χ1n) is 5.64. The van der Waals surface area contributed by atoms with Crippen molar-refractivity contribution in [3.05, 3.63) is 34.9 Å². The molecule has 2 heterocycles. The van der Waals surface area contributed by atoms with Crippen LogP contribution in [0.3, 0.4) is 0 Å². The van der Waals surface area contributed by atoms with E-state index in [2.05, 4.69) is 50.1 Å². The second kappa shape index (κ2) is 4.06. The van der Waals surface area contributed by atoms with E-state index in [9.17, 15) is 0 Å². The van der Waals surface area contributed by atoms with Gasteiger partial charge >= 0.3 is 0 Å². The fourth-order valence-corrected chi connectivity index (χ4v) is 2.69. The van der Waals surface area contributed by atoms with Crippen LogP contribution >= 0.6 is 15.9 Å². The van der Waals surface area contributed by atoms with E-state index < -0.39 is 0 Å². The third-order valence-electron chi connectivity index (χ3n) is 3.13. The Bertz CT molecular complexity index is 518. The van der Waals surface area contributed by atoms with Crippen LogP contribution in [0.4, 0.5) is 5.69 Å². The molecule has 0 aliphatic carbocycles. The van der Waals surface area contributed by atoms with Crippen LogP contribution in [0.25, 0.3) is 10.9 Å². The lowest BCUT2D eigenvalue weighted by molar-refractivity contribution is 0.949. The van der Waals surface area contributed by atoms with Crippen molar-refractivity contribution in [2.24, 2.45) is 0 Å². The highest BCUT2D eigenvalue weighted by Crippen LogP contribution is 2.29. The second-order valence-electron chi connectivity index (χ2n) is 4.19. The molecule has 0 unspecified atom stereocenters. The van der Waals surface area contributed by atoms with Crippen LogP contribution in [-0.2, 0) is 0 Å². The predicted molar refractivity (Wildman–Crippen MR) is 70.9 cm³/mol. The molecule has 1 saturated heterocycles. The highest BCUT2D eigenvalue weighted by Gasteiger charge is 2.14. The summed E-state index contributed by atoms with van der Waals surface area (Å²) < 4.78 is 1.09. The van der Waals surface area contributed by atoms with Gasteiger partial charge in [0.25, 0.3) is 0 Å². The molecule has 3 rings (SSSR count). The number of hydrogen-bond acceptors (Lipinski definition) is 2. The zero-order chi connectivity index (χ0) is 11.0. The summed E-state index contributed by atoms with van der Waals surface area (Å²) in [4.78, 5) is 6.87. The Labute approximate surface area is 103 Å². The van der Waals surface area contributed by atoms with Gasteiger partial charge in [0, 0.05) is 34.8 Å². The van der Waals surface area contributed by atoms with E-state index in [1.165, 1.54) is 37.0 Å². The summed E-state index contributed by atoms with van der Waals surface area (Å²) in [7, 11) is 0. The number of rotatable bonds is 1. The van der Waals surface area contributed by atoms with E-state index in [0.29, 0.717) is 0 Å². The number of aromatic nitrogens is 1. The van der Waals surface area contributed by atoms with Crippen molar-refractivity contribution in [1.29, 1.82) is 0 Å². The van der Waals surface area contributed by atoms with Gasteiger partial charge in [-0.1, -0.05) is 15.9 Å². The van der Waals surface area contributed by atoms with Gasteiger partial charge in [-0.2, -0.15) is 0 Å². The van der Waals surface area contributed by atoms with Crippen molar-refractivity contribution in [3.8, 4) is 0 Å². The molecule has 2 aromatic rings. The summed E-state index contributed by atoms with van der Waals surface area (Å²) in [5, 5.41) is 1.26. The normalized spacial score (nSPS) is 15.9. The molecule has 0 radical (unpaired) electrons. The van der Waals surface area contributed by atoms with E-state index in [0.717, 1.165) is 9.99 Å². The summed E-state index contributed by atoms with van der Waals surface area (Å²) in [6, 6.07) is 8.44. The van der Waals surface area contributed by atoms with Crippen molar-refractivity contribution in [3.63, 3.8) is 0 Å². The van der Waals surface area contributed by atoms with Gasteiger partial charge in [0.2, 0.25) is 0 Å². The highest BCUT2D eigenvalue weighted by molar-refractivity contribution is 9.10. The highest BCUT2D eigenvalue weighted by atomic mass is 79.9. The van der Waals surface area contributed by atoms with Crippen LogP contribution < -0.4 is 4.90 Å². The van der Waals surface area contributed by atoms with Crippen molar-refractivity contribution in [1.82, 2.24) is 4.98 Å². The molecule has 1 aliphatic heterocycles. The largest absolute Gasteiger partial charge is 0.371 e. The van der Waals surface area contributed by atoms with Gasteiger partial charge < -0.3 is 4.90 Å². The molecule has 1 fully saturated rings. The number of pyridine rings is 1. The zero-order valence-corrected chi connectivity index (χ0v) is 10.6. The number of nitrogens with zero attached hydrogens (tertiary/aromatic N) is 2. The molecule has 82 valence electrons. The Morgan fingerprint density at radius 3 is 2.75 bits per heavy atom. The van der Waals surface area contributed by atoms with Crippen molar-refractivity contribution < 1.29 is 0 Å². The van der Waals surface area contributed by atoms with Crippen LogP contribution in [0.15, 0.2) is 34.9 Å². The van der Waals surface area contributed by atoms with Crippen LogP contribution in [0.5, 0.6) is 0 Å². The topological polar surface area (TPSA) is 16.1 Å². The molecular formula is C13H13BrN2. The zero-order valence-electron chi connectivity index (χ0n) is 8.99. The Morgan fingerprint density at radius 1 is 1.12 bits per heavy atom. The first kappa shape index (κ1) is 10.1. The summed E-state index contributed by atoms with van der Waals surface area (Å²) in [5.41, 5.74) is 2.40. The first-order valence-corrected chi connectivity index (χ1v) is 6.43. The lowest BCUT2D eigenvalue weighted by Crippen LogP contribution is -2.17. The molecule has 1 aromatic heterocycles. The van der Waals surface area contributed by atoms with Gasteiger partial charge in [0.1, 0.15) is 0 Å². The molecule has 0 spiro atoms. The monoisotopic (exact) mass is 276 g/mol. The minimum atomic E-state index is 1.07. The summed E-state index contributed by atoms with van der Waals surface area (Å²) in [5.74, 6) is 0. The minimum absolute atomic E-state index is 1.07. The summed E-state index contributed by atoms with van der Waals surface area (Å²) in [6.07, 6.45) is 4.52. The van der Waals surface area contributed by atoms with Gasteiger partial charge in [-0.05, 0) is 37.1 Å². The van der Waals surface area contributed by atoms with Crippen LogP contribution in [0, 0.1) is 0 Å². The molecule has 1 aliphatic rings. The number of halogens is 1. The standard InChI is InChI=1S/C13H13BrN2/c14-10-3-4-11-12(9-10)15-6-5-13(11)16-7-1-2-8-16/h3-6,9H,1-2,7-8H2. The molecule has 0 amide bonds. The lowest BCUT2D eigenvalue weighted by Gasteiger charge is -2.19. The van der Waals surface area contributed by atoms with E-state index in [1.807, 2.05) is 6.20 Å². The lowest BCUT2D eigenvalue weighted by atomic mass is 10.2. The number of benzene rings is 1. The Kier molecular flexibility index (Phi) is 2.56. The second-order valence-corrected chi connectivity index (χ2v) is 5.10. The van der Waals surface area contributed by atoms with Gasteiger partial charge in [-0.25, -0.2) is 0 Å². The maximum Gasteiger partial charge on any atom is 0.0734 e. The predicted octanol–water partition coefficient (Wildman–Crippen LogP) is 3.60. The summed E-state index contributed by atoms with van der Waals surface area (Å²) >= 11 is 3.49. The molecule has 2 nitrogen and oxygen atoms in total. The fourth-order valence-electron chi connectivity index (χ4n) is 2.34. The number of hydrogen-bond donors (Lipinski definition) is 0. The van der Waals surface area contributed by atoms with E-state index in [4.69, 9.17) is 0 Å². The average Bonchev–Trinajstić information content (AvgIpc) is 2.81. The molecule has 0 atom stereocenters. The SMILES string of the molecule is Brc1ccc2c(N3CCCC3)ccnc2c1. The molecule has 3 heteroatoms. The van der Waals surface area contributed by atoms with Gasteiger partial charge in [-0.15, -0.1) is 0 Å². The maximum absolute atomic E-state index is 4.42.